The third-order valence-corrected chi connectivity index (χ3v) is 8.97. The molecule has 3 heterocycles. The van der Waals surface area contributed by atoms with Crippen LogP contribution in [0.5, 0.6) is 0 Å². The second-order valence-corrected chi connectivity index (χ2v) is 13.2. The number of aliphatic hydroxyl groups excluding tert-OH is 1. The van der Waals surface area contributed by atoms with Crippen LogP contribution in [0.2, 0.25) is 0 Å². The second kappa shape index (κ2) is 14.0. The van der Waals surface area contributed by atoms with E-state index in [2.05, 4.69) is 25.4 Å². The maximum absolute atomic E-state index is 13.8. The zero-order chi connectivity index (χ0) is 30.4. The summed E-state index contributed by atoms with van der Waals surface area (Å²) in [4.78, 5) is 51.4. The molecule has 0 radical (unpaired) electrons. The Bertz CT molecular complexity index is 1220. The molecule has 0 bridgehead atoms. The molecule has 230 valence electrons. The first-order valence-corrected chi connectivity index (χ1v) is 15.5. The molecule has 1 aromatic carbocycles. The predicted molar refractivity (Wildman–Crippen MR) is 164 cm³/mol. The molecule has 0 spiro atoms. The number of nitrogens with two attached hydrogens (primary N) is 1. The standard InChI is InChI=1S/C30H45N7O4S/c1-20-26(42-19-33-20)22-7-5-21(6-8-22)16-32-28(40)24-15-23(38)17-37(24)29(41)27(30(2,3)4)34-25(39)18-36-13-11-35(10-9-31)12-14-36/h5-8,19,23-24,27,38H,9-18,31H2,1-4H3,(H,32,40)(H,34,39)/t23-,24+,27-/m1/s1. The van der Waals surface area contributed by atoms with Crippen LogP contribution >= 0.6 is 11.3 Å². The first kappa shape index (κ1) is 32.0. The van der Waals surface area contributed by atoms with Crippen molar-refractivity contribution in [2.24, 2.45) is 11.1 Å². The average Bonchev–Trinajstić information content (AvgIpc) is 3.56. The minimum absolute atomic E-state index is 0.0470. The van der Waals surface area contributed by atoms with Crippen molar-refractivity contribution in [3.63, 3.8) is 0 Å². The summed E-state index contributed by atoms with van der Waals surface area (Å²) < 4.78 is 0. The van der Waals surface area contributed by atoms with Crippen LogP contribution in [-0.2, 0) is 20.9 Å². The number of carbonyl (C=O) groups excluding carboxylic acids is 3. The monoisotopic (exact) mass is 599 g/mol. The third kappa shape index (κ3) is 8.13. The molecule has 2 fully saturated rings. The highest BCUT2D eigenvalue weighted by molar-refractivity contribution is 7.13. The Labute approximate surface area is 252 Å². The number of benzene rings is 1. The highest BCUT2D eigenvalue weighted by atomic mass is 32.1. The number of amides is 3. The summed E-state index contributed by atoms with van der Waals surface area (Å²) in [6.07, 6.45) is -0.660. The summed E-state index contributed by atoms with van der Waals surface area (Å²) in [5.41, 5.74) is 9.86. The molecule has 12 heteroatoms. The van der Waals surface area contributed by atoms with Gasteiger partial charge in [-0.25, -0.2) is 4.98 Å². The van der Waals surface area contributed by atoms with Gasteiger partial charge in [-0.3, -0.25) is 24.2 Å². The maximum atomic E-state index is 13.8. The van der Waals surface area contributed by atoms with E-state index < -0.39 is 23.6 Å². The Balaban J connectivity index is 1.35. The number of thiazole rings is 1. The molecule has 2 aromatic rings. The number of rotatable bonds is 10. The number of nitrogens with zero attached hydrogens (tertiary/aromatic N) is 4. The number of nitrogens with one attached hydrogen (secondary N) is 2. The van der Waals surface area contributed by atoms with Crippen LogP contribution in [0.15, 0.2) is 29.8 Å². The van der Waals surface area contributed by atoms with Gasteiger partial charge in [0.2, 0.25) is 17.7 Å². The molecule has 0 aliphatic carbocycles. The number of carbonyl (C=O) groups is 3. The molecule has 4 rings (SSSR count). The van der Waals surface area contributed by atoms with E-state index >= 15 is 0 Å². The van der Waals surface area contributed by atoms with Crippen molar-refractivity contribution >= 4 is 29.1 Å². The molecule has 2 aliphatic heterocycles. The summed E-state index contributed by atoms with van der Waals surface area (Å²) in [7, 11) is 0. The van der Waals surface area contributed by atoms with Crippen LogP contribution in [-0.4, -0.2) is 113 Å². The molecule has 42 heavy (non-hydrogen) atoms. The zero-order valence-electron chi connectivity index (χ0n) is 25.1. The number of hydrogen-bond donors (Lipinski definition) is 4. The lowest BCUT2D eigenvalue weighted by atomic mass is 9.85. The first-order chi connectivity index (χ1) is 20.0. The van der Waals surface area contributed by atoms with Crippen molar-refractivity contribution in [1.82, 2.24) is 30.3 Å². The van der Waals surface area contributed by atoms with Gasteiger partial charge in [0.15, 0.2) is 0 Å². The van der Waals surface area contributed by atoms with Crippen molar-refractivity contribution < 1.29 is 19.5 Å². The van der Waals surface area contributed by atoms with Gasteiger partial charge in [0, 0.05) is 58.8 Å². The van der Waals surface area contributed by atoms with Crippen molar-refractivity contribution in [1.29, 1.82) is 0 Å². The van der Waals surface area contributed by atoms with Gasteiger partial charge in [0.1, 0.15) is 12.1 Å². The second-order valence-electron chi connectivity index (χ2n) is 12.4. The Kier molecular flexibility index (Phi) is 10.7. The molecule has 3 amide bonds. The van der Waals surface area contributed by atoms with Crippen LogP contribution in [0, 0.1) is 12.3 Å². The summed E-state index contributed by atoms with van der Waals surface area (Å²) in [5, 5.41) is 16.3. The van der Waals surface area contributed by atoms with Crippen LogP contribution in [0.4, 0.5) is 0 Å². The molecule has 2 saturated heterocycles. The van der Waals surface area contributed by atoms with Crippen molar-refractivity contribution in [3.8, 4) is 10.4 Å². The number of aromatic nitrogens is 1. The zero-order valence-corrected chi connectivity index (χ0v) is 26.0. The maximum Gasteiger partial charge on any atom is 0.246 e. The first-order valence-electron chi connectivity index (χ1n) is 14.7. The van der Waals surface area contributed by atoms with E-state index in [1.54, 1.807) is 11.3 Å². The van der Waals surface area contributed by atoms with Crippen LogP contribution < -0.4 is 16.4 Å². The van der Waals surface area contributed by atoms with E-state index in [0.717, 1.165) is 54.4 Å². The lowest BCUT2D eigenvalue weighted by Crippen LogP contribution is -2.59. The van der Waals surface area contributed by atoms with E-state index in [1.165, 1.54) is 4.90 Å². The summed E-state index contributed by atoms with van der Waals surface area (Å²) in [6, 6.07) is 6.28. The highest BCUT2D eigenvalue weighted by Crippen LogP contribution is 2.28. The smallest absolute Gasteiger partial charge is 0.246 e. The number of β-amino-alcohol motifs (C(OH)–C–C–N with tert-alkyl or cyclic N) is 1. The van der Waals surface area contributed by atoms with Gasteiger partial charge in [0.25, 0.3) is 0 Å². The normalized spacial score (nSPS) is 20.9. The summed E-state index contributed by atoms with van der Waals surface area (Å²) >= 11 is 1.59. The highest BCUT2D eigenvalue weighted by Gasteiger charge is 2.44. The van der Waals surface area contributed by atoms with Gasteiger partial charge in [0.05, 0.1) is 28.7 Å². The van der Waals surface area contributed by atoms with Crippen molar-refractivity contribution in [3.05, 3.63) is 41.0 Å². The number of piperazine rings is 1. The Morgan fingerprint density at radius 1 is 1.12 bits per heavy atom. The van der Waals surface area contributed by atoms with Crippen LogP contribution in [0.1, 0.15) is 38.4 Å². The molecule has 1 aromatic heterocycles. The van der Waals surface area contributed by atoms with Gasteiger partial charge < -0.3 is 26.4 Å². The molecule has 2 aliphatic rings. The predicted octanol–water partition coefficient (Wildman–Crippen LogP) is 0.804. The van der Waals surface area contributed by atoms with E-state index in [-0.39, 0.29) is 37.2 Å². The third-order valence-electron chi connectivity index (χ3n) is 7.99. The molecule has 5 N–H and O–H groups in total. The summed E-state index contributed by atoms with van der Waals surface area (Å²) in [6.45, 7) is 12.9. The summed E-state index contributed by atoms with van der Waals surface area (Å²) in [5.74, 6) is -0.908. The van der Waals surface area contributed by atoms with Gasteiger partial charge in [-0.15, -0.1) is 11.3 Å². The molecule has 11 nitrogen and oxygen atoms in total. The number of aliphatic hydroxyl groups is 1. The minimum Gasteiger partial charge on any atom is -0.391 e. The molecular formula is C30H45N7O4S. The molecular weight excluding hydrogens is 554 g/mol. The van der Waals surface area contributed by atoms with Gasteiger partial charge in [-0.05, 0) is 23.5 Å². The quantitative estimate of drug-likeness (QED) is 0.314. The van der Waals surface area contributed by atoms with E-state index in [4.69, 9.17) is 5.73 Å². The number of likely N-dealkylation sites (tertiary alicyclic amines) is 1. The van der Waals surface area contributed by atoms with Crippen molar-refractivity contribution in [2.75, 3.05) is 52.4 Å². The Hall–Kier alpha value is -2.90. The Morgan fingerprint density at radius 3 is 2.38 bits per heavy atom. The molecule has 3 atom stereocenters. The lowest BCUT2D eigenvalue weighted by molar-refractivity contribution is -0.144. The topological polar surface area (TPSA) is 144 Å². The van der Waals surface area contributed by atoms with E-state index in [1.807, 2.05) is 57.5 Å². The van der Waals surface area contributed by atoms with E-state index in [9.17, 15) is 19.5 Å². The van der Waals surface area contributed by atoms with Gasteiger partial charge in [-0.1, -0.05) is 45.0 Å². The average molecular weight is 600 g/mol. The Morgan fingerprint density at radius 2 is 1.79 bits per heavy atom. The SMILES string of the molecule is Cc1ncsc1-c1ccc(CNC(=O)[C@@H]2C[C@@H](O)CN2C(=O)[C@@H](NC(=O)CN2CCN(CCN)CC2)C(C)(C)C)cc1. The fourth-order valence-electron chi connectivity index (χ4n) is 5.54. The van der Waals surface area contributed by atoms with Gasteiger partial charge >= 0.3 is 0 Å². The fraction of sp³-hybridized carbons (Fsp3) is 0.600. The number of hydrogen-bond acceptors (Lipinski definition) is 9. The van der Waals surface area contributed by atoms with Gasteiger partial charge in [-0.2, -0.15) is 0 Å². The minimum atomic E-state index is -0.841. The fourth-order valence-corrected chi connectivity index (χ4v) is 6.36. The van der Waals surface area contributed by atoms with Crippen molar-refractivity contribution in [2.45, 2.75) is 58.8 Å². The van der Waals surface area contributed by atoms with Crippen LogP contribution in [0.25, 0.3) is 10.4 Å². The number of aryl methyl sites for hydroxylation is 1. The largest absolute Gasteiger partial charge is 0.391 e. The van der Waals surface area contributed by atoms with E-state index in [0.29, 0.717) is 13.1 Å². The molecule has 0 saturated carbocycles. The van der Waals surface area contributed by atoms with Crippen LogP contribution in [0.3, 0.4) is 0 Å². The lowest BCUT2D eigenvalue weighted by Gasteiger charge is -2.37. The molecule has 0 unspecified atom stereocenters.